The maximum Gasteiger partial charge on any atom is 0.328 e. The van der Waals surface area contributed by atoms with Gasteiger partial charge in [-0.25, -0.2) is 4.79 Å². The molecule has 0 bridgehead atoms. The molecule has 0 aliphatic heterocycles. The number of nitrogens with one attached hydrogen (secondary N) is 1. The van der Waals surface area contributed by atoms with E-state index in [2.05, 4.69) is 5.32 Å². The second-order valence-electron chi connectivity index (χ2n) is 6.10. The summed E-state index contributed by atoms with van der Waals surface area (Å²) in [5.74, 6) is 0.676. The van der Waals surface area contributed by atoms with E-state index in [-0.39, 0.29) is 19.1 Å². The molecule has 0 heterocycles. The number of halogens is 1. The first-order valence-electron chi connectivity index (χ1n) is 8.91. The maximum absolute atomic E-state index is 12.4. The number of carbonyl (C=O) groups is 2. The zero-order valence-corrected chi connectivity index (χ0v) is 17.5. The van der Waals surface area contributed by atoms with Crippen LogP contribution in [0.2, 0.25) is 5.02 Å². The molecule has 150 valence electrons. The zero-order valence-electron chi connectivity index (χ0n) is 15.9. The van der Waals surface area contributed by atoms with Crippen molar-refractivity contribution in [2.24, 2.45) is 0 Å². The van der Waals surface area contributed by atoms with Gasteiger partial charge in [0.05, 0.1) is 0 Å². The third-order valence-corrected chi connectivity index (χ3v) is 4.88. The normalized spacial score (nSPS) is 11.5. The van der Waals surface area contributed by atoms with Gasteiger partial charge in [-0.15, -0.1) is 0 Å². The van der Waals surface area contributed by atoms with Gasteiger partial charge in [-0.3, -0.25) is 4.79 Å². The van der Waals surface area contributed by atoms with E-state index >= 15 is 0 Å². The van der Waals surface area contributed by atoms with Crippen molar-refractivity contribution in [2.45, 2.75) is 19.4 Å². The quantitative estimate of drug-likeness (QED) is 0.461. The van der Waals surface area contributed by atoms with Gasteiger partial charge in [0.25, 0.3) is 5.91 Å². The predicted molar refractivity (Wildman–Crippen MR) is 113 cm³/mol. The lowest BCUT2D eigenvalue weighted by Crippen LogP contribution is -2.42. The fourth-order valence-electron chi connectivity index (χ4n) is 2.44. The third kappa shape index (κ3) is 7.09. The van der Waals surface area contributed by atoms with E-state index in [0.717, 1.165) is 17.1 Å². The molecule has 5 nitrogen and oxygen atoms in total. The van der Waals surface area contributed by atoms with E-state index in [1.807, 2.05) is 37.4 Å². The SMILES string of the molecule is CSCC[C@H](NC(=O)c1ccc(Cl)cc1)C(=O)OCCOc1ccccc1C. The molecule has 0 aliphatic rings. The molecule has 0 radical (unpaired) electrons. The smallest absolute Gasteiger partial charge is 0.328 e. The van der Waals surface area contributed by atoms with Gasteiger partial charge >= 0.3 is 5.97 Å². The summed E-state index contributed by atoms with van der Waals surface area (Å²) < 4.78 is 10.9. The first kappa shape index (κ1) is 22.1. The number of aryl methyl sites for hydroxylation is 1. The molecule has 0 aromatic heterocycles. The van der Waals surface area contributed by atoms with Crippen LogP contribution in [-0.2, 0) is 9.53 Å². The van der Waals surface area contributed by atoms with Crippen molar-refractivity contribution < 1.29 is 19.1 Å². The number of ether oxygens (including phenoxy) is 2. The molecule has 1 amide bonds. The van der Waals surface area contributed by atoms with Crippen molar-refractivity contribution in [2.75, 3.05) is 25.2 Å². The van der Waals surface area contributed by atoms with Crippen molar-refractivity contribution in [3.8, 4) is 5.75 Å². The summed E-state index contributed by atoms with van der Waals surface area (Å²) >= 11 is 7.44. The van der Waals surface area contributed by atoms with Crippen LogP contribution in [-0.4, -0.2) is 43.1 Å². The molecule has 7 heteroatoms. The van der Waals surface area contributed by atoms with Crippen LogP contribution in [0.4, 0.5) is 0 Å². The van der Waals surface area contributed by atoms with E-state index in [0.29, 0.717) is 17.0 Å². The van der Waals surface area contributed by atoms with Gasteiger partial charge in [0.1, 0.15) is 25.0 Å². The van der Waals surface area contributed by atoms with Crippen LogP contribution in [0.15, 0.2) is 48.5 Å². The Balaban J connectivity index is 1.86. The lowest BCUT2D eigenvalue weighted by Gasteiger charge is -2.18. The minimum absolute atomic E-state index is 0.111. The summed E-state index contributed by atoms with van der Waals surface area (Å²) in [7, 11) is 0. The van der Waals surface area contributed by atoms with E-state index < -0.39 is 12.0 Å². The van der Waals surface area contributed by atoms with Crippen molar-refractivity contribution in [3.63, 3.8) is 0 Å². The van der Waals surface area contributed by atoms with Crippen molar-refractivity contribution in [1.29, 1.82) is 0 Å². The fraction of sp³-hybridized carbons (Fsp3) is 0.333. The standard InChI is InChI=1S/C21H24ClNO4S/c1-15-5-3-4-6-19(15)26-12-13-27-21(25)18(11-14-28-2)23-20(24)16-7-9-17(22)10-8-16/h3-10,18H,11-14H2,1-2H3,(H,23,24)/t18-/m0/s1. The Labute approximate surface area is 174 Å². The molecular weight excluding hydrogens is 398 g/mol. The molecule has 0 aliphatic carbocycles. The summed E-state index contributed by atoms with van der Waals surface area (Å²) in [5, 5.41) is 3.29. The van der Waals surface area contributed by atoms with Crippen LogP contribution in [0.5, 0.6) is 5.75 Å². The Hall–Kier alpha value is -2.18. The van der Waals surface area contributed by atoms with Crippen molar-refractivity contribution >= 4 is 35.2 Å². The van der Waals surface area contributed by atoms with Crippen LogP contribution >= 0.6 is 23.4 Å². The number of rotatable bonds is 10. The molecule has 0 saturated heterocycles. The molecule has 0 fully saturated rings. The van der Waals surface area contributed by atoms with Gasteiger partial charge in [-0.2, -0.15) is 11.8 Å². The topological polar surface area (TPSA) is 64.6 Å². The average Bonchev–Trinajstić information content (AvgIpc) is 2.69. The highest BCUT2D eigenvalue weighted by Gasteiger charge is 2.22. The molecule has 2 rings (SSSR count). The summed E-state index contributed by atoms with van der Waals surface area (Å²) in [6.45, 7) is 2.31. The monoisotopic (exact) mass is 421 g/mol. The van der Waals surface area contributed by atoms with Crippen molar-refractivity contribution in [1.82, 2.24) is 5.32 Å². The van der Waals surface area contributed by atoms with Crippen molar-refractivity contribution in [3.05, 3.63) is 64.7 Å². The Morgan fingerprint density at radius 1 is 1.11 bits per heavy atom. The van der Waals surface area contributed by atoms with Crippen LogP contribution in [0.3, 0.4) is 0 Å². The second-order valence-corrected chi connectivity index (χ2v) is 7.52. The summed E-state index contributed by atoms with van der Waals surface area (Å²) in [5.41, 5.74) is 1.45. The van der Waals surface area contributed by atoms with Gasteiger partial charge in [0, 0.05) is 10.6 Å². The number of thioether (sulfide) groups is 1. The van der Waals surface area contributed by atoms with Gasteiger partial charge in [-0.05, 0) is 61.2 Å². The highest BCUT2D eigenvalue weighted by Crippen LogP contribution is 2.16. The Kier molecular flexibility index (Phi) is 9.17. The van der Waals surface area contributed by atoms with Gasteiger partial charge < -0.3 is 14.8 Å². The largest absolute Gasteiger partial charge is 0.490 e. The number of carbonyl (C=O) groups excluding carboxylic acids is 2. The van der Waals surface area contributed by atoms with Crippen LogP contribution in [0.25, 0.3) is 0 Å². The number of benzene rings is 2. The highest BCUT2D eigenvalue weighted by atomic mass is 35.5. The molecule has 28 heavy (non-hydrogen) atoms. The molecule has 1 N–H and O–H groups in total. The molecule has 0 saturated carbocycles. The second kappa shape index (κ2) is 11.6. The number of para-hydroxylation sites is 1. The number of hydrogen-bond donors (Lipinski definition) is 1. The van der Waals surface area contributed by atoms with Gasteiger partial charge in [-0.1, -0.05) is 29.8 Å². The van der Waals surface area contributed by atoms with E-state index in [1.165, 1.54) is 0 Å². The lowest BCUT2D eigenvalue weighted by molar-refractivity contribution is -0.146. The zero-order chi connectivity index (χ0) is 20.4. The molecule has 2 aromatic rings. The van der Waals surface area contributed by atoms with Crippen LogP contribution in [0.1, 0.15) is 22.3 Å². The number of hydrogen-bond acceptors (Lipinski definition) is 5. The lowest BCUT2D eigenvalue weighted by atomic mass is 10.1. The van der Waals surface area contributed by atoms with Gasteiger partial charge in [0.15, 0.2) is 0 Å². The Bertz CT molecular complexity index is 782. The first-order valence-corrected chi connectivity index (χ1v) is 10.7. The summed E-state index contributed by atoms with van der Waals surface area (Å²) in [6, 6.07) is 13.4. The molecule has 1 atom stereocenters. The molecular formula is C21H24ClNO4S. The molecule has 0 spiro atoms. The number of esters is 1. The predicted octanol–water partition coefficient (Wildman–Crippen LogP) is 4.12. The fourth-order valence-corrected chi connectivity index (χ4v) is 3.04. The van der Waals surface area contributed by atoms with Crippen LogP contribution < -0.4 is 10.1 Å². The van der Waals surface area contributed by atoms with E-state index in [4.69, 9.17) is 21.1 Å². The highest BCUT2D eigenvalue weighted by molar-refractivity contribution is 7.98. The van der Waals surface area contributed by atoms with Crippen LogP contribution in [0, 0.1) is 6.92 Å². The minimum Gasteiger partial charge on any atom is -0.490 e. The number of amides is 1. The van der Waals surface area contributed by atoms with E-state index in [9.17, 15) is 9.59 Å². The maximum atomic E-state index is 12.4. The van der Waals surface area contributed by atoms with E-state index in [1.54, 1.807) is 36.0 Å². The minimum atomic E-state index is -0.714. The first-order chi connectivity index (χ1) is 13.5. The summed E-state index contributed by atoms with van der Waals surface area (Å²) in [4.78, 5) is 24.8. The Morgan fingerprint density at radius 3 is 2.50 bits per heavy atom. The van der Waals surface area contributed by atoms with Gasteiger partial charge in [0.2, 0.25) is 0 Å². The summed E-state index contributed by atoms with van der Waals surface area (Å²) in [6.07, 6.45) is 2.43. The Morgan fingerprint density at radius 2 is 1.82 bits per heavy atom. The molecule has 0 unspecified atom stereocenters. The molecule has 2 aromatic carbocycles. The third-order valence-electron chi connectivity index (χ3n) is 3.99. The average molecular weight is 422 g/mol.